The number of aromatic nitrogens is 3. The molecule has 6 nitrogen and oxygen atoms in total. The summed E-state index contributed by atoms with van der Waals surface area (Å²) in [4.78, 5) is 9.93. The molecular weight excluding hydrogens is 747 g/mol. The van der Waals surface area contributed by atoms with Gasteiger partial charge in [0.25, 0.3) is 0 Å². The normalized spacial score (nSPS) is 13.0. The summed E-state index contributed by atoms with van der Waals surface area (Å²) >= 11 is 0. The van der Waals surface area contributed by atoms with E-state index < -0.39 is 9.84 Å². The maximum Gasteiger partial charge on any atom is 0.207 e. The molecule has 7 heteroatoms. The van der Waals surface area contributed by atoms with Gasteiger partial charge in [-0.25, -0.2) is 18.4 Å². The zero-order valence-corrected chi connectivity index (χ0v) is 32.2. The maximum absolute atomic E-state index is 15.5. The SMILES string of the molecule is O=S1(=O)c2ccccc2-c2ccccc2-c2ccccc2-c2ccc(-c3ccc4c(c3)c3cccnc3n4-c3ccccn3)cc2-c2cc3oc4ccccc4c3cc21. The number of sulfone groups is 1. The minimum Gasteiger partial charge on any atom is -0.456 e. The summed E-state index contributed by atoms with van der Waals surface area (Å²) in [5, 5.41) is 3.66. The van der Waals surface area contributed by atoms with E-state index in [2.05, 4.69) is 70.2 Å². The Hall–Kier alpha value is -7.61. The Morgan fingerprint density at radius 3 is 1.81 bits per heavy atom. The Balaban J connectivity index is 1.19. The summed E-state index contributed by atoms with van der Waals surface area (Å²) < 4.78 is 39.7. The van der Waals surface area contributed by atoms with E-state index in [9.17, 15) is 0 Å². The Bertz CT molecular complexity index is 3640. The predicted molar refractivity (Wildman–Crippen MR) is 236 cm³/mol. The van der Waals surface area contributed by atoms with Gasteiger partial charge in [-0.2, -0.15) is 0 Å². The fraction of sp³-hybridized carbons (Fsp3) is 0. The number of furan rings is 1. The number of rotatable bonds is 2. The van der Waals surface area contributed by atoms with Crippen molar-refractivity contribution in [2.45, 2.75) is 9.79 Å². The van der Waals surface area contributed by atoms with E-state index >= 15 is 8.42 Å². The molecule has 0 atom stereocenters. The van der Waals surface area contributed by atoms with Crippen LogP contribution in [-0.2, 0) is 9.84 Å². The Morgan fingerprint density at radius 2 is 1.03 bits per heavy atom. The first-order valence-electron chi connectivity index (χ1n) is 19.5. The fourth-order valence-electron chi connectivity index (χ4n) is 9.06. The molecule has 0 bridgehead atoms. The van der Waals surface area contributed by atoms with Gasteiger partial charge >= 0.3 is 0 Å². The largest absolute Gasteiger partial charge is 0.456 e. The molecule has 0 N–H and O–H groups in total. The van der Waals surface area contributed by atoms with Gasteiger partial charge in [0, 0.05) is 45.1 Å². The van der Waals surface area contributed by atoms with Crippen LogP contribution >= 0.6 is 0 Å². The average molecular weight is 778 g/mol. The smallest absolute Gasteiger partial charge is 0.207 e. The van der Waals surface area contributed by atoms with Gasteiger partial charge in [-0.05, 0) is 111 Å². The molecular formula is C52H31N3O3S. The monoisotopic (exact) mass is 777 g/mol. The fourth-order valence-corrected chi connectivity index (χ4v) is 10.8. The van der Waals surface area contributed by atoms with Crippen molar-refractivity contribution in [2.24, 2.45) is 0 Å². The minimum absolute atomic E-state index is 0.222. The highest BCUT2D eigenvalue weighted by Gasteiger charge is 2.30. The van der Waals surface area contributed by atoms with E-state index in [1.807, 2.05) is 109 Å². The molecule has 4 aromatic heterocycles. The molecule has 5 heterocycles. The number of pyridine rings is 2. The van der Waals surface area contributed by atoms with Gasteiger partial charge in [0.05, 0.1) is 15.3 Å². The molecule has 0 saturated carbocycles. The first-order valence-corrected chi connectivity index (χ1v) is 21.0. The van der Waals surface area contributed by atoms with Crippen molar-refractivity contribution in [1.82, 2.24) is 14.5 Å². The molecule has 0 aliphatic carbocycles. The first kappa shape index (κ1) is 33.5. The summed E-state index contributed by atoms with van der Waals surface area (Å²) in [7, 11) is -4.14. The number of fused-ring (bicyclic) bond motifs is 15. The van der Waals surface area contributed by atoms with Crippen molar-refractivity contribution < 1.29 is 12.8 Å². The Morgan fingerprint density at radius 1 is 0.407 bits per heavy atom. The van der Waals surface area contributed by atoms with Crippen LogP contribution in [0, 0.1) is 0 Å². The summed E-state index contributed by atoms with van der Waals surface area (Å²) in [6.45, 7) is 0. The highest BCUT2D eigenvalue weighted by molar-refractivity contribution is 7.91. The number of hydrogen-bond donors (Lipinski definition) is 0. The van der Waals surface area contributed by atoms with Gasteiger partial charge in [0.1, 0.15) is 22.6 Å². The molecule has 0 unspecified atom stereocenters. The van der Waals surface area contributed by atoms with Crippen molar-refractivity contribution in [3.8, 4) is 61.5 Å². The number of hydrogen-bond acceptors (Lipinski definition) is 5. The molecule has 0 saturated heterocycles. The number of benzene rings is 7. The third-order valence-electron chi connectivity index (χ3n) is 11.7. The van der Waals surface area contributed by atoms with E-state index in [0.29, 0.717) is 22.3 Å². The van der Waals surface area contributed by atoms with Crippen LogP contribution in [0.4, 0.5) is 0 Å². The van der Waals surface area contributed by atoms with Gasteiger partial charge in [-0.1, -0.05) is 109 Å². The van der Waals surface area contributed by atoms with Crippen LogP contribution in [0.5, 0.6) is 0 Å². The number of para-hydroxylation sites is 1. The number of nitrogens with zero attached hydrogens (tertiary/aromatic N) is 3. The van der Waals surface area contributed by atoms with E-state index in [1.165, 1.54) is 0 Å². The second-order valence-corrected chi connectivity index (χ2v) is 16.8. The molecule has 0 amide bonds. The van der Waals surface area contributed by atoms with Gasteiger partial charge in [0.15, 0.2) is 0 Å². The van der Waals surface area contributed by atoms with Crippen LogP contribution in [0.3, 0.4) is 0 Å². The van der Waals surface area contributed by atoms with E-state index in [0.717, 1.165) is 83.0 Å². The zero-order chi connectivity index (χ0) is 39.2. The van der Waals surface area contributed by atoms with Crippen LogP contribution in [0.25, 0.3) is 105 Å². The molecule has 11 aromatic rings. The second-order valence-electron chi connectivity index (χ2n) is 14.9. The van der Waals surface area contributed by atoms with Crippen LogP contribution < -0.4 is 0 Å². The van der Waals surface area contributed by atoms with Crippen LogP contribution in [-0.4, -0.2) is 23.0 Å². The molecule has 12 rings (SSSR count). The van der Waals surface area contributed by atoms with Gasteiger partial charge < -0.3 is 4.42 Å². The average Bonchev–Trinajstić information content (AvgIpc) is 3.83. The molecule has 1 aliphatic rings. The molecule has 0 spiro atoms. The van der Waals surface area contributed by atoms with Gasteiger partial charge in [0.2, 0.25) is 9.84 Å². The topological polar surface area (TPSA) is 78.0 Å². The third-order valence-corrected chi connectivity index (χ3v) is 13.6. The molecule has 0 radical (unpaired) electrons. The highest BCUT2D eigenvalue weighted by atomic mass is 32.2. The molecule has 7 aromatic carbocycles. The Labute approximate surface area is 339 Å². The van der Waals surface area contributed by atoms with Crippen LogP contribution in [0.1, 0.15) is 0 Å². The van der Waals surface area contributed by atoms with Crippen molar-refractivity contribution in [3.63, 3.8) is 0 Å². The summed E-state index contributed by atoms with van der Waals surface area (Å²) in [6, 6.07) is 58.1. The quantitative estimate of drug-likeness (QED) is 0.175. The molecule has 59 heavy (non-hydrogen) atoms. The minimum atomic E-state index is -4.14. The summed E-state index contributed by atoms with van der Waals surface area (Å²) in [6.07, 6.45) is 3.60. The Kier molecular flexibility index (Phi) is 7.21. The first-order chi connectivity index (χ1) is 29.0. The van der Waals surface area contributed by atoms with E-state index in [-0.39, 0.29) is 9.79 Å². The highest BCUT2D eigenvalue weighted by Crippen LogP contribution is 2.49. The maximum atomic E-state index is 15.5. The lowest BCUT2D eigenvalue weighted by Crippen LogP contribution is -2.06. The summed E-state index contributed by atoms with van der Waals surface area (Å²) in [5.41, 5.74) is 11.8. The molecule has 278 valence electrons. The van der Waals surface area contributed by atoms with Gasteiger partial charge in [-0.3, -0.25) is 4.57 Å². The lowest BCUT2D eigenvalue weighted by molar-refractivity contribution is 0.596. The third kappa shape index (κ3) is 5.01. The summed E-state index contributed by atoms with van der Waals surface area (Å²) in [5.74, 6) is 0.791. The van der Waals surface area contributed by atoms with Crippen molar-refractivity contribution in [3.05, 3.63) is 188 Å². The lowest BCUT2D eigenvalue weighted by atomic mass is 9.85. The molecule has 0 fully saturated rings. The van der Waals surface area contributed by atoms with E-state index in [1.54, 1.807) is 18.3 Å². The van der Waals surface area contributed by atoms with Crippen LogP contribution in [0.15, 0.2) is 203 Å². The van der Waals surface area contributed by atoms with Crippen LogP contribution in [0.2, 0.25) is 0 Å². The molecule has 1 aliphatic heterocycles. The predicted octanol–water partition coefficient (Wildman–Crippen LogP) is 13.0. The standard InChI is InChI=1S/C52H31N3O3S/c56-59(57)49-20-8-6-17-40(49)37-15-4-3-13-35(37)34-12-1-2-14-36(34)38-24-22-32(28-42(38)45-30-48-44(31-50(45)59)39-16-5-7-19-47(39)58-48)33-23-25-46-43(29-33)41-18-11-27-54-52(41)55(46)51-21-9-10-26-53-51/h1-31H. The second kappa shape index (κ2) is 12.7. The lowest BCUT2D eigenvalue weighted by Gasteiger charge is -2.18. The van der Waals surface area contributed by atoms with E-state index in [4.69, 9.17) is 9.40 Å². The van der Waals surface area contributed by atoms with Crippen molar-refractivity contribution in [2.75, 3.05) is 0 Å². The van der Waals surface area contributed by atoms with Gasteiger partial charge in [-0.15, -0.1) is 0 Å². The van der Waals surface area contributed by atoms with Crippen molar-refractivity contribution >= 4 is 53.7 Å². The van der Waals surface area contributed by atoms with Crippen molar-refractivity contribution in [1.29, 1.82) is 0 Å². The zero-order valence-electron chi connectivity index (χ0n) is 31.4.